The summed E-state index contributed by atoms with van der Waals surface area (Å²) >= 11 is 0. The van der Waals surface area contributed by atoms with Crippen molar-refractivity contribution in [1.29, 1.82) is 0 Å². The van der Waals surface area contributed by atoms with Gasteiger partial charge >= 0.3 is 0 Å². The first-order valence-corrected chi connectivity index (χ1v) is 2.87. The van der Waals surface area contributed by atoms with Crippen molar-refractivity contribution in [1.82, 2.24) is 4.90 Å². The summed E-state index contributed by atoms with van der Waals surface area (Å²) in [6, 6.07) is 0. The predicted molar refractivity (Wildman–Crippen MR) is 33.5 cm³/mol. The fraction of sp³-hybridized carbons (Fsp3) is 1.00. The molecule has 0 bridgehead atoms. The van der Waals surface area contributed by atoms with Gasteiger partial charge in [0.2, 0.25) is 0 Å². The summed E-state index contributed by atoms with van der Waals surface area (Å²) < 4.78 is 0. The van der Waals surface area contributed by atoms with E-state index in [1.54, 1.807) is 0 Å². The lowest BCUT2D eigenvalue weighted by Crippen LogP contribution is -2.38. The third-order valence-electron chi connectivity index (χ3n) is 1.12. The lowest BCUT2D eigenvalue weighted by molar-refractivity contribution is 0.290. The Bertz CT molecular complexity index is 53.6. The van der Waals surface area contributed by atoms with E-state index in [1.165, 1.54) is 0 Å². The van der Waals surface area contributed by atoms with E-state index in [1.807, 2.05) is 14.1 Å². The second-order valence-corrected chi connectivity index (χ2v) is 3.68. The van der Waals surface area contributed by atoms with Crippen molar-refractivity contribution in [2.75, 3.05) is 14.1 Å². The van der Waals surface area contributed by atoms with E-state index in [0.29, 0.717) is 0 Å². The molecule has 0 heterocycles. The van der Waals surface area contributed by atoms with E-state index in [0.717, 1.165) is 0 Å². The molecule has 7 heavy (non-hydrogen) atoms. The summed E-state index contributed by atoms with van der Waals surface area (Å²) in [6.45, 7) is 4.20. The van der Waals surface area contributed by atoms with E-state index in [9.17, 15) is 0 Å². The maximum atomic E-state index is 3.52. The Labute approximate surface area is 49.1 Å². The summed E-state index contributed by atoms with van der Waals surface area (Å²) in [5.41, 5.74) is 0. The van der Waals surface area contributed by atoms with Crippen LogP contribution in [-0.2, 0) is 0 Å². The summed E-state index contributed by atoms with van der Waals surface area (Å²) in [6.07, 6.45) is 0. The highest BCUT2D eigenvalue weighted by Crippen LogP contribution is 2.00. The number of nitrogens with zero attached hydrogens (tertiary/aromatic N) is 1. The Morgan fingerprint density at radius 3 is 1.43 bits per heavy atom. The first-order valence-electron chi connectivity index (χ1n) is 2.37. The van der Waals surface area contributed by atoms with Crippen LogP contribution in [0.4, 0.5) is 0 Å². The van der Waals surface area contributed by atoms with Crippen LogP contribution in [0.1, 0.15) is 13.8 Å². The Morgan fingerprint density at radius 2 is 1.43 bits per heavy atom. The first kappa shape index (κ1) is 7.18. The van der Waals surface area contributed by atoms with Gasteiger partial charge in [-0.05, 0) is 14.1 Å². The molecule has 41 valence electrons. The van der Waals surface area contributed by atoms with Crippen LogP contribution in [0.15, 0.2) is 0 Å². The van der Waals surface area contributed by atoms with Crippen molar-refractivity contribution in [3.63, 3.8) is 0 Å². The van der Waals surface area contributed by atoms with Crippen LogP contribution in [0.25, 0.3) is 0 Å². The van der Waals surface area contributed by atoms with E-state index >= 15 is 0 Å². The minimum atomic E-state index is 0.139. The maximum Gasteiger partial charge on any atom is 0.0519 e. The quantitative estimate of drug-likeness (QED) is 0.447. The molecule has 0 aromatic carbocycles. The van der Waals surface area contributed by atoms with Gasteiger partial charge in [-0.25, -0.2) is 0 Å². The van der Waals surface area contributed by atoms with Crippen LogP contribution in [0.5, 0.6) is 0 Å². The van der Waals surface area contributed by atoms with E-state index < -0.39 is 0 Å². The van der Waals surface area contributed by atoms with E-state index in [4.69, 9.17) is 0 Å². The molecule has 0 aliphatic carbocycles. The minimum absolute atomic E-state index is 0.139. The molecule has 0 rings (SSSR count). The van der Waals surface area contributed by atoms with Gasteiger partial charge < -0.3 is 4.90 Å². The highest BCUT2D eigenvalue weighted by Gasteiger charge is 2.10. The largest absolute Gasteiger partial charge is 0.308 e. The standard InChI is InChI=1S/C5H12NSi/c1-5(2,7)6(3)4/h1-4H3. The molecule has 0 aliphatic rings. The molecular formula is C5H12NSi. The average Bonchev–Trinajstić information content (AvgIpc) is 1.31. The van der Waals surface area contributed by atoms with Gasteiger partial charge in [-0.1, -0.05) is 13.8 Å². The predicted octanol–water partition coefficient (Wildman–Crippen LogP) is 0.453. The molecule has 0 saturated carbocycles. The van der Waals surface area contributed by atoms with Crippen molar-refractivity contribution in [3.05, 3.63) is 0 Å². The van der Waals surface area contributed by atoms with Crippen molar-refractivity contribution < 1.29 is 0 Å². The van der Waals surface area contributed by atoms with E-state index in [2.05, 4.69) is 29.0 Å². The Balaban J connectivity index is 3.54. The smallest absolute Gasteiger partial charge is 0.0519 e. The average molecular weight is 114 g/mol. The second kappa shape index (κ2) is 1.97. The fourth-order valence-corrected chi connectivity index (χ4v) is 0. The zero-order valence-electron chi connectivity index (χ0n) is 5.45. The van der Waals surface area contributed by atoms with Gasteiger partial charge in [0.1, 0.15) is 0 Å². The van der Waals surface area contributed by atoms with Gasteiger partial charge in [0, 0.05) is 5.16 Å². The van der Waals surface area contributed by atoms with Gasteiger partial charge in [0.05, 0.1) is 10.2 Å². The van der Waals surface area contributed by atoms with Gasteiger partial charge in [0.25, 0.3) is 0 Å². The fourth-order valence-electron chi connectivity index (χ4n) is 0. The number of rotatable bonds is 1. The van der Waals surface area contributed by atoms with Crippen molar-refractivity contribution >= 4 is 10.2 Å². The van der Waals surface area contributed by atoms with Crippen LogP contribution in [0, 0.1) is 0 Å². The van der Waals surface area contributed by atoms with Crippen LogP contribution >= 0.6 is 0 Å². The lowest BCUT2D eigenvalue weighted by Gasteiger charge is -2.27. The molecule has 0 unspecified atom stereocenters. The first-order chi connectivity index (χ1) is 2.94. The topological polar surface area (TPSA) is 3.24 Å². The van der Waals surface area contributed by atoms with Gasteiger partial charge in [-0.15, -0.1) is 0 Å². The summed E-state index contributed by atoms with van der Waals surface area (Å²) in [7, 11) is 7.59. The molecule has 0 amide bonds. The van der Waals surface area contributed by atoms with Crippen molar-refractivity contribution in [2.45, 2.75) is 19.0 Å². The molecule has 0 N–H and O–H groups in total. The summed E-state index contributed by atoms with van der Waals surface area (Å²) in [5.74, 6) is 0. The molecule has 0 fully saturated rings. The minimum Gasteiger partial charge on any atom is -0.308 e. The van der Waals surface area contributed by atoms with Crippen molar-refractivity contribution in [3.8, 4) is 0 Å². The highest BCUT2D eigenvalue weighted by atomic mass is 28.1. The normalized spacial score (nSPS) is 12.9. The molecule has 3 radical (unpaired) electrons. The van der Waals surface area contributed by atoms with Crippen LogP contribution < -0.4 is 0 Å². The molecule has 0 atom stereocenters. The molecule has 0 aromatic heterocycles. The Hall–Kier alpha value is 0.177. The van der Waals surface area contributed by atoms with Gasteiger partial charge in [-0.2, -0.15) is 0 Å². The molecule has 2 heteroatoms. The highest BCUT2D eigenvalue weighted by molar-refractivity contribution is 6.14. The molecule has 0 spiro atoms. The maximum absolute atomic E-state index is 3.52. The summed E-state index contributed by atoms with van der Waals surface area (Å²) in [5, 5.41) is 0.139. The summed E-state index contributed by atoms with van der Waals surface area (Å²) in [4.78, 5) is 2.10. The third kappa shape index (κ3) is 2.82. The molecule has 0 aliphatic heterocycles. The van der Waals surface area contributed by atoms with Gasteiger partial charge in [0.15, 0.2) is 0 Å². The molecular weight excluding hydrogens is 102 g/mol. The molecule has 0 saturated heterocycles. The van der Waals surface area contributed by atoms with Crippen LogP contribution in [0.3, 0.4) is 0 Å². The number of hydrogen-bond donors (Lipinski definition) is 0. The van der Waals surface area contributed by atoms with Crippen LogP contribution in [-0.4, -0.2) is 34.4 Å². The van der Waals surface area contributed by atoms with E-state index in [-0.39, 0.29) is 5.16 Å². The number of hydrogen-bond acceptors (Lipinski definition) is 1. The zero-order chi connectivity index (χ0) is 6.08. The second-order valence-electron chi connectivity index (χ2n) is 2.45. The van der Waals surface area contributed by atoms with Gasteiger partial charge in [-0.3, -0.25) is 0 Å². The van der Waals surface area contributed by atoms with Crippen LogP contribution in [0.2, 0.25) is 0 Å². The zero-order valence-corrected chi connectivity index (χ0v) is 6.45. The van der Waals surface area contributed by atoms with Crippen molar-refractivity contribution in [2.24, 2.45) is 0 Å². The molecule has 1 nitrogen and oxygen atoms in total. The Kier molecular flexibility index (Phi) is 2.02. The molecule has 0 aromatic rings. The SMILES string of the molecule is CN(C)C(C)(C)[Si]. The lowest BCUT2D eigenvalue weighted by atomic mass is 10.3. The third-order valence-corrected chi connectivity index (χ3v) is 1.57. The Morgan fingerprint density at radius 1 is 1.29 bits per heavy atom. The monoisotopic (exact) mass is 114 g/mol.